The third kappa shape index (κ3) is 4.10. The molecule has 0 amide bonds. The number of esters is 2. The standard InChI is InChI=1S/C17H21NO6/c1-3-11-9-14(10-15(11)17(20)23-4-2)24-16(19)12-5-7-13(8-6-12)18(21)22/h5-8,11,14-15H,3-4,9-10H2,1-2H3/t11-,14-,15+/m0/s1. The summed E-state index contributed by atoms with van der Waals surface area (Å²) in [6.07, 6.45) is 1.55. The van der Waals surface area contributed by atoms with Crippen LogP contribution in [0.1, 0.15) is 43.5 Å². The van der Waals surface area contributed by atoms with E-state index in [9.17, 15) is 19.7 Å². The Bertz CT molecular complexity index is 612. The monoisotopic (exact) mass is 335 g/mol. The van der Waals surface area contributed by atoms with Crippen molar-refractivity contribution in [3.63, 3.8) is 0 Å². The highest BCUT2D eigenvalue weighted by Gasteiger charge is 2.40. The average molecular weight is 335 g/mol. The molecule has 1 aromatic carbocycles. The Morgan fingerprint density at radius 3 is 2.42 bits per heavy atom. The topological polar surface area (TPSA) is 95.7 Å². The highest BCUT2D eigenvalue weighted by molar-refractivity contribution is 5.89. The van der Waals surface area contributed by atoms with Gasteiger partial charge in [-0.25, -0.2) is 4.79 Å². The number of hydrogen-bond donors (Lipinski definition) is 0. The molecule has 0 aliphatic heterocycles. The molecule has 24 heavy (non-hydrogen) atoms. The van der Waals surface area contributed by atoms with Gasteiger partial charge in [0.1, 0.15) is 6.10 Å². The summed E-state index contributed by atoms with van der Waals surface area (Å²) in [4.78, 5) is 34.3. The summed E-state index contributed by atoms with van der Waals surface area (Å²) >= 11 is 0. The second kappa shape index (κ2) is 7.90. The molecule has 0 heterocycles. The Balaban J connectivity index is 1.99. The Labute approximate surface area is 140 Å². The first-order valence-corrected chi connectivity index (χ1v) is 8.08. The summed E-state index contributed by atoms with van der Waals surface area (Å²) in [5, 5.41) is 10.6. The minimum Gasteiger partial charge on any atom is -0.466 e. The highest BCUT2D eigenvalue weighted by atomic mass is 16.6. The van der Waals surface area contributed by atoms with E-state index in [1.165, 1.54) is 24.3 Å². The molecular formula is C17H21NO6. The molecule has 0 unspecified atom stereocenters. The van der Waals surface area contributed by atoms with Gasteiger partial charge in [0, 0.05) is 12.1 Å². The minimum absolute atomic E-state index is 0.0826. The number of nitro benzene ring substituents is 1. The first-order chi connectivity index (χ1) is 11.5. The van der Waals surface area contributed by atoms with Gasteiger partial charge < -0.3 is 9.47 Å². The number of non-ortho nitro benzene ring substituents is 1. The van der Waals surface area contributed by atoms with Crippen LogP contribution in [-0.4, -0.2) is 29.6 Å². The van der Waals surface area contributed by atoms with E-state index in [1.54, 1.807) is 6.92 Å². The first-order valence-electron chi connectivity index (χ1n) is 8.08. The molecule has 3 atom stereocenters. The van der Waals surface area contributed by atoms with Gasteiger partial charge in [0.25, 0.3) is 5.69 Å². The maximum atomic E-state index is 12.2. The van der Waals surface area contributed by atoms with E-state index in [0.717, 1.165) is 6.42 Å². The van der Waals surface area contributed by atoms with Gasteiger partial charge >= 0.3 is 11.9 Å². The predicted molar refractivity (Wildman–Crippen MR) is 85.4 cm³/mol. The molecule has 0 radical (unpaired) electrons. The van der Waals surface area contributed by atoms with E-state index < -0.39 is 10.9 Å². The molecule has 0 saturated heterocycles. The molecule has 1 aromatic rings. The smallest absolute Gasteiger partial charge is 0.338 e. The van der Waals surface area contributed by atoms with Crippen molar-refractivity contribution >= 4 is 17.6 Å². The third-order valence-corrected chi connectivity index (χ3v) is 4.35. The second-order valence-electron chi connectivity index (χ2n) is 5.83. The number of carbonyl (C=O) groups is 2. The number of ether oxygens (including phenoxy) is 2. The second-order valence-corrected chi connectivity index (χ2v) is 5.83. The van der Waals surface area contributed by atoms with Crippen LogP contribution in [0.4, 0.5) is 5.69 Å². The number of nitrogens with zero attached hydrogens (tertiary/aromatic N) is 1. The molecule has 1 aliphatic rings. The Hall–Kier alpha value is -2.44. The zero-order valence-corrected chi connectivity index (χ0v) is 13.8. The summed E-state index contributed by atoms with van der Waals surface area (Å²) < 4.78 is 10.6. The summed E-state index contributed by atoms with van der Waals surface area (Å²) in [6, 6.07) is 5.27. The lowest BCUT2D eigenvalue weighted by Gasteiger charge is -2.14. The molecule has 130 valence electrons. The molecule has 2 rings (SSSR count). The number of benzene rings is 1. The number of carbonyl (C=O) groups excluding carboxylic acids is 2. The van der Waals surface area contributed by atoms with E-state index in [1.807, 2.05) is 6.92 Å². The summed E-state index contributed by atoms with van der Waals surface area (Å²) in [7, 11) is 0. The Kier molecular flexibility index (Phi) is 5.89. The highest BCUT2D eigenvalue weighted by Crippen LogP contribution is 2.37. The molecule has 0 spiro atoms. The van der Waals surface area contributed by atoms with Gasteiger partial charge in [0.15, 0.2) is 0 Å². The van der Waals surface area contributed by atoms with Crippen LogP contribution in [-0.2, 0) is 14.3 Å². The maximum Gasteiger partial charge on any atom is 0.338 e. The van der Waals surface area contributed by atoms with Crippen molar-refractivity contribution in [3.05, 3.63) is 39.9 Å². The molecule has 0 bridgehead atoms. The van der Waals surface area contributed by atoms with Crippen LogP contribution < -0.4 is 0 Å². The maximum absolute atomic E-state index is 12.2. The van der Waals surface area contributed by atoms with Crippen LogP contribution in [0.2, 0.25) is 0 Å². The van der Waals surface area contributed by atoms with Crippen molar-refractivity contribution in [1.82, 2.24) is 0 Å². The van der Waals surface area contributed by atoms with Crippen LogP contribution in [0.15, 0.2) is 24.3 Å². The molecule has 0 aromatic heterocycles. The van der Waals surface area contributed by atoms with E-state index in [4.69, 9.17) is 9.47 Å². The first kappa shape index (κ1) is 17.9. The lowest BCUT2D eigenvalue weighted by molar-refractivity contribution is -0.384. The van der Waals surface area contributed by atoms with Crippen molar-refractivity contribution < 1.29 is 24.0 Å². The van der Waals surface area contributed by atoms with Crippen LogP contribution >= 0.6 is 0 Å². The van der Waals surface area contributed by atoms with Gasteiger partial charge in [-0.3, -0.25) is 14.9 Å². The van der Waals surface area contributed by atoms with Crippen molar-refractivity contribution in [3.8, 4) is 0 Å². The molecule has 0 N–H and O–H groups in total. The zero-order chi connectivity index (χ0) is 17.7. The quantitative estimate of drug-likeness (QED) is 0.450. The molecule has 1 aliphatic carbocycles. The molecular weight excluding hydrogens is 314 g/mol. The third-order valence-electron chi connectivity index (χ3n) is 4.35. The SMILES string of the molecule is CCOC(=O)[C@@H]1C[C@@H](OC(=O)c2ccc([N+](=O)[O-])cc2)C[C@@H]1CC. The lowest BCUT2D eigenvalue weighted by Crippen LogP contribution is -2.21. The summed E-state index contributed by atoms with van der Waals surface area (Å²) in [6.45, 7) is 4.09. The summed E-state index contributed by atoms with van der Waals surface area (Å²) in [5.74, 6) is -0.879. The molecule has 7 nitrogen and oxygen atoms in total. The Morgan fingerprint density at radius 1 is 1.21 bits per heavy atom. The van der Waals surface area contributed by atoms with Gasteiger partial charge in [-0.1, -0.05) is 13.3 Å². The van der Waals surface area contributed by atoms with Crippen molar-refractivity contribution in [2.45, 2.75) is 39.2 Å². The van der Waals surface area contributed by atoms with Gasteiger partial charge in [-0.05, 0) is 37.8 Å². The largest absolute Gasteiger partial charge is 0.466 e. The van der Waals surface area contributed by atoms with Crippen LogP contribution in [0.5, 0.6) is 0 Å². The number of hydrogen-bond acceptors (Lipinski definition) is 6. The average Bonchev–Trinajstić information content (AvgIpc) is 2.98. The van der Waals surface area contributed by atoms with Gasteiger partial charge in [-0.2, -0.15) is 0 Å². The van der Waals surface area contributed by atoms with Gasteiger partial charge in [-0.15, -0.1) is 0 Å². The van der Waals surface area contributed by atoms with Gasteiger partial charge in [0.05, 0.1) is 23.0 Å². The molecule has 7 heteroatoms. The van der Waals surface area contributed by atoms with Crippen molar-refractivity contribution in [1.29, 1.82) is 0 Å². The summed E-state index contributed by atoms with van der Waals surface area (Å²) in [5.41, 5.74) is 0.175. The van der Waals surface area contributed by atoms with Crippen LogP contribution in [0.3, 0.4) is 0 Å². The molecule has 1 saturated carbocycles. The minimum atomic E-state index is -0.533. The van der Waals surface area contributed by atoms with Crippen molar-refractivity contribution in [2.75, 3.05) is 6.61 Å². The fourth-order valence-electron chi connectivity index (χ4n) is 3.10. The van der Waals surface area contributed by atoms with E-state index in [0.29, 0.717) is 19.4 Å². The number of rotatable bonds is 6. The number of nitro groups is 1. The normalized spacial score (nSPS) is 22.8. The Morgan fingerprint density at radius 2 is 1.88 bits per heavy atom. The van der Waals surface area contributed by atoms with Crippen LogP contribution in [0, 0.1) is 22.0 Å². The van der Waals surface area contributed by atoms with E-state index in [-0.39, 0.29) is 35.2 Å². The fraction of sp³-hybridized carbons (Fsp3) is 0.529. The van der Waals surface area contributed by atoms with E-state index in [2.05, 4.69) is 0 Å². The van der Waals surface area contributed by atoms with E-state index >= 15 is 0 Å². The van der Waals surface area contributed by atoms with Crippen LogP contribution in [0.25, 0.3) is 0 Å². The van der Waals surface area contributed by atoms with Crippen molar-refractivity contribution in [2.24, 2.45) is 11.8 Å². The van der Waals surface area contributed by atoms with Gasteiger partial charge in [0.2, 0.25) is 0 Å². The molecule has 1 fully saturated rings. The fourth-order valence-corrected chi connectivity index (χ4v) is 3.10. The zero-order valence-electron chi connectivity index (χ0n) is 13.8. The predicted octanol–water partition coefficient (Wildman–Crippen LogP) is 3.12. The lowest BCUT2D eigenvalue weighted by atomic mass is 9.94.